The first-order valence-electron chi connectivity index (χ1n) is 5.77. The van der Waals surface area contributed by atoms with E-state index in [4.69, 9.17) is 11.6 Å². The molecule has 1 aliphatic carbocycles. The van der Waals surface area contributed by atoms with Crippen LogP contribution in [0.2, 0.25) is 5.02 Å². The SMILES string of the molecule is CC1(C)CCC(C)(C)c2cc(Cl)c(O)cc21. The lowest BCUT2D eigenvalue weighted by Gasteiger charge is -2.41. The first kappa shape index (κ1) is 11.8. The van der Waals surface area contributed by atoms with Gasteiger partial charge in [-0.2, -0.15) is 0 Å². The molecule has 0 fully saturated rings. The Labute approximate surface area is 102 Å². The van der Waals surface area contributed by atoms with E-state index in [-0.39, 0.29) is 16.6 Å². The number of benzene rings is 1. The summed E-state index contributed by atoms with van der Waals surface area (Å²) in [6.45, 7) is 8.95. The lowest BCUT2D eigenvalue weighted by atomic mass is 9.63. The summed E-state index contributed by atoms with van der Waals surface area (Å²) in [6, 6.07) is 3.78. The van der Waals surface area contributed by atoms with Gasteiger partial charge in [0.2, 0.25) is 0 Å². The maximum Gasteiger partial charge on any atom is 0.134 e. The molecule has 1 N–H and O–H groups in total. The molecule has 0 unspecified atom stereocenters. The van der Waals surface area contributed by atoms with Crippen molar-refractivity contribution in [2.75, 3.05) is 0 Å². The van der Waals surface area contributed by atoms with Crippen molar-refractivity contribution in [3.05, 3.63) is 28.3 Å². The highest BCUT2D eigenvalue weighted by atomic mass is 35.5. The van der Waals surface area contributed by atoms with Crippen LogP contribution in [0.15, 0.2) is 12.1 Å². The van der Waals surface area contributed by atoms with Crippen LogP contribution in [0.1, 0.15) is 51.7 Å². The molecule has 0 spiro atoms. The van der Waals surface area contributed by atoms with E-state index in [1.54, 1.807) is 0 Å². The molecule has 0 saturated heterocycles. The van der Waals surface area contributed by atoms with Crippen molar-refractivity contribution in [1.29, 1.82) is 0 Å². The molecule has 2 rings (SSSR count). The van der Waals surface area contributed by atoms with E-state index in [1.165, 1.54) is 11.1 Å². The molecular weight excluding hydrogens is 220 g/mol. The van der Waals surface area contributed by atoms with Crippen molar-refractivity contribution in [3.63, 3.8) is 0 Å². The van der Waals surface area contributed by atoms with Gasteiger partial charge in [0, 0.05) is 0 Å². The zero-order valence-electron chi connectivity index (χ0n) is 10.4. The van der Waals surface area contributed by atoms with Gasteiger partial charge >= 0.3 is 0 Å². The molecular formula is C14H19ClO. The van der Waals surface area contributed by atoms with Crippen LogP contribution in [-0.2, 0) is 10.8 Å². The van der Waals surface area contributed by atoms with Crippen molar-refractivity contribution in [3.8, 4) is 5.75 Å². The fourth-order valence-corrected chi connectivity index (χ4v) is 2.74. The topological polar surface area (TPSA) is 20.2 Å². The van der Waals surface area contributed by atoms with Crippen molar-refractivity contribution < 1.29 is 5.11 Å². The Bertz CT molecular complexity index is 392. The minimum Gasteiger partial charge on any atom is -0.506 e. The molecule has 0 aromatic heterocycles. The van der Waals surface area contributed by atoms with Gasteiger partial charge in [-0.25, -0.2) is 0 Å². The van der Waals surface area contributed by atoms with Crippen LogP contribution in [0.5, 0.6) is 5.75 Å². The molecule has 1 aliphatic rings. The zero-order valence-corrected chi connectivity index (χ0v) is 11.2. The minimum atomic E-state index is 0.132. The number of rotatable bonds is 0. The monoisotopic (exact) mass is 238 g/mol. The second-order valence-corrected chi connectivity index (χ2v) is 6.52. The van der Waals surface area contributed by atoms with E-state index in [9.17, 15) is 5.11 Å². The first-order chi connectivity index (χ1) is 7.24. The average molecular weight is 239 g/mol. The van der Waals surface area contributed by atoms with Gasteiger partial charge in [-0.05, 0) is 46.9 Å². The molecule has 88 valence electrons. The van der Waals surface area contributed by atoms with Gasteiger partial charge in [-0.3, -0.25) is 0 Å². The third-order valence-electron chi connectivity index (χ3n) is 3.92. The summed E-state index contributed by atoms with van der Waals surface area (Å²) >= 11 is 6.02. The molecule has 0 amide bonds. The maximum atomic E-state index is 9.75. The molecule has 0 atom stereocenters. The lowest BCUT2D eigenvalue weighted by Crippen LogP contribution is -2.33. The van der Waals surface area contributed by atoms with Gasteiger partial charge < -0.3 is 5.11 Å². The molecule has 0 heterocycles. The number of hydrogen-bond acceptors (Lipinski definition) is 1. The maximum absolute atomic E-state index is 9.75. The van der Waals surface area contributed by atoms with Crippen molar-refractivity contribution >= 4 is 11.6 Å². The number of halogens is 1. The normalized spacial score (nSPS) is 21.6. The third-order valence-corrected chi connectivity index (χ3v) is 4.22. The fourth-order valence-electron chi connectivity index (χ4n) is 2.58. The molecule has 16 heavy (non-hydrogen) atoms. The lowest BCUT2D eigenvalue weighted by molar-refractivity contribution is 0.330. The molecule has 0 bridgehead atoms. The Morgan fingerprint density at radius 1 is 1.00 bits per heavy atom. The van der Waals surface area contributed by atoms with Gasteiger partial charge in [0.1, 0.15) is 5.75 Å². The van der Waals surface area contributed by atoms with Crippen LogP contribution >= 0.6 is 11.6 Å². The van der Waals surface area contributed by atoms with E-state index in [1.807, 2.05) is 12.1 Å². The summed E-state index contributed by atoms with van der Waals surface area (Å²) in [5.41, 5.74) is 2.81. The third kappa shape index (κ3) is 1.71. The summed E-state index contributed by atoms with van der Waals surface area (Å²) < 4.78 is 0. The zero-order chi connectivity index (χ0) is 12.1. The second-order valence-electron chi connectivity index (χ2n) is 6.12. The second kappa shape index (κ2) is 3.40. The molecule has 1 aromatic rings. The highest BCUT2D eigenvalue weighted by Crippen LogP contribution is 2.48. The Hall–Kier alpha value is -0.690. The Balaban J connectivity index is 2.70. The quantitative estimate of drug-likeness (QED) is 0.711. The Kier molecular flexibility index (Phi) is 2.50. The highest BCUT2D eigenvalue weighted by molar-refractivity contribution is 6.32. The van der Waals surface area contributed by atoms with Crippen LogP contribution in [0.25, 0.3) is 0 Å². The summed E-state index contributed by atoms with van der Waals surface area (Å²) in [6.07, 6.45) is 2.31. The van der Waals surface area contributed by atoms with Crippen molar-refractivity contribution in [2.24, 2.45) is 0 Å². The van der Waals surface area contributed by atoms with Crippen molar-refractivity contribution in [2.45, 2.75) is 51.4 Å². The number of aromatic hydroxyl groups is 1. The average Bonchev–Trinajstić information content (AvgIpc) is 2.17. The first-order valence-corrected chi connectivity index (χ1v) is 6.15. The van der Waals surface area contributed by atoms with Gasteiger partial charge in [0.05, 0.1) is 5.02 Å². The van der Waals surface area contributed by atoms with Gasteiger partial charge in [-0.1, -0.05) is 39.3 Å². The van der Waals surface area contributed by atoms with Crippen LogP contribution in [-0.4, -0.2) is 5.11 Å². The summed E-state index contributed by atoms with van der Waals surface area (Å²) in [4.78, 5) is 0. The minimum absolute atomic E-state index is 0.132. The molecule has 2 heteroatoms. The van der Waals surface area contributed by atoms with Crippen LogP contribution < -0.4 is 0 Å². The summed E-state index contributed by atoms with van der Waals surface area (Å²) in [5.74, 6) is 0.200. The Morgan fingerprint density at radius 2 is 1.44 bits per heavy atom. The largest absolute Gasteiger partial charge is 0.506 e. The van der Waals surface area contributed by atoms with Crippen LogP contribution in [0, 0.1) is 0 Å². The smallest absolute Gasteiger partial charge is 0.134 e. The Morgan fingerprint density at radius 3 is 1.94 bits per heavy atom. The number of fused-ring (bicyclic) bond motifs is 1. The summed E-state index contributed by atoms with van der Waals surface area (Å²) in [5, 5.41) is 10.2. The highest BCUT2D eigenvalue weighted by Gasteiger charge is 2.37. The summed E-state index contributed by atoms with van der Waals surface area (Å²) in [7, 11) is 0. The molecule has 0 saturated carbocycles. The molecule has 1 nitrogen and oxygen atoms in total. The molecule has 0 radical (unpaired) electrons. The van der Waals surface area contributed by atoms with E-state index >= 15 is 0 Å². The van der Waals surface area contributed by atoms with Crippen molar-refractivity contribution in [1.82, 2.24) is 0 Å². The van der Waals surface area contributed by atoms with E-state index in [2.05, 4.69) is 27.7 Å². The van der Waals surface area contributed by atoms with Crippen LogP contribution in [0.4, 0.5) is 0 Å². The predicted octanol–water partition coefficient (Wildman–Crippen LogP) is 4.39. The fraction of sp³-hybridized carbons (Fsp3) is 0.571. The standard InChI is InChI=1S/C14H19ClO/c1-13(2)5-6-14(3,4)10-8-12(16)11(15)7-9(10)13/h7-8,16H,5-6H2,1-4H3. The number of phenols is 1. The number of hydrogen-bond donors (Lipinski definition) is 1. The van der Waals surface area contributed by atoms with E-state index < -0.39 is 0 Å². The predicted molar refractivity (Wildman–Crippen MR) is 68.4 cm³/mol. The van der Waals surface area contributed by atoms with E-state index in [0.717, 1.165) is 12.8 Å². The molecule has 1 aromatic carbocycles. The van der Waals surface area contributed by atoms with Gasteiger partial charge in [0.15, 0.2) is 0 Å². The molecule has 0 aliphatic heterocycles. The van der Waals surface area contributed by atoms with Gasteiger partial charge in [-0.15, -0.1) is 0 Å². The van der Waals surface area contributed by atoms with Gasteiger partial charge in [0.25, 0.3) is 0 Å². The van der Waals surface area contributed by atoms with E-state index in [0.29, 0.717) is 5.02 Å². The van der Waals surface area contributed by atoms with Crippen LogP contribution in [0.3, 0.4) is 0 Å². The number of phenolic OH excluding ortho intramolecular Hbond substituents is 1.